The molecule has 1 aliphatic carbocycles. The summed E-state index contributed by atoms with van der Waals surface area (Å²) >= 11 is 0. The van der Waals surface area contributed by atoms with Gasteiger partial charge in [0, 0.05) is 11.5 Å². The molecule has 2 rings (SSSR count). The Morgan fingerprint density at radius 2 is 2.04 bits per heavy atom. The predicted molar refractivity (Wildman–Crippen MR) is 84.0 cm³/mol. The van der Waals surface area contributed by atoms with Crippen molar-refractivity contribution in [2.45, 2.75) is 58.1 Å². The lowest BCUT2D eigenvalue weighted by molar-refractivity contribution is -0.305. The van der Waals surface area contributed by atoms with E-state index in [9.17, 15) is 14.7 Å². The average molecular weight is 321 g/mol. The summed E-state index contributed by atoms with van der Waals surface area (Å²) in [5.41, 5.74) is -1.09. The monoisotopic (exact) mass is 321 g/mol. The molecule has 0 saturated carbocycles. The molecule has 6 heteroatoms. The maximum atomic E-state index is 11.7. The van der Waals surface area contributed by atoms with Crippen LogP contribution in [0.1, 0.15) is 34.6 Å². The van der Waals surface area contributed by atoms with Crippen LogP contribution in [0.5, 0.6) is 0 Å². The number of carbonyl (C=O) groups excluding carboxylic acids is 1. The van der Waals surface area contributed by atoms with Crippen LogP contribution in [0.25, 0.3) is 0 Å². The van der Waals surface area contributed by atoms with Gasteiger partial charge in [0.25, 0.3) is 0 Å². The number of nitrogens with zero attached hydrogens (tertiary/aromatic N) is 1. The molecule has 0 spiro atoms. The highest BCUT2D eigenvalue weighted by Crippen LogP contribution is 2.40. The molecule has 0 radical (unpaired) electrons. The molecule has 0 aromatic heterocycles. The van der Waals surface area contributed by atoms with E-state index in [1.54, 1.807) is 43.2 Å². The molecule has 0 aromatic rings. The molecular weight excluding hydrogens is 298 g/mol. The van der Waals surface area contributed by atoms with Gasteiger partial charge in [-0.05, 0) is 40.7 Å². The molecule has 0 aromatic carbocycles. The molecule has 0 bridgehead atoms. The lowest BCUT2D eigenvalue weighted by Gasteiger charge is -2.39. The summed E-state index contributed by atoms with van der Waals surface area (Å²) < 4.78 is 5.73. The average Bonchev–Trinajstić information content (AvgIpc) is 2.69. The van der Waals surface area contributed by atoms with E-state index in [4.69, 9.17) is 9.57 Å². The fraction of sp³-hybridized carbons (Fsp3) is 0.588. The van der Waals surface area contributed by atoms with Crippen molar-refractivity contribution >= 4 is 11.9 Å². The second-order valence-electron chi connectivity index (χ2n) is 7.17. The maximum Gasteiger partial charge on any atom is 0.334 e. The third-order valence-electron chi connectivity index (χ3n) is 3.69. The summed E-state index contributed by atoms with van der Waals surface area (Å²) in [6.07, 6.45) is 5.81. The first-order chi connectivity index (χ1) is 10.6. The molecule has 0 amide bonds. The van der Waals surface area contributed by atoms with Crippen LogP contribution >= 0.6 is 0 Å². The van der Waals surface area contributed by atoms with Gasteiger partial charge >= 0.3 is 5.97 Å². The van der Waals surface area contributed by atoms with Gasteiger partial charge in [-0.15, -0.1) is 0 Å². The van der Waals surface area contributed by atoms with Crippen LogP contribution in [-0.2, 0) is 19.2 Å². The molecule has 1 unspecified atom stereocenters. The molecule has 126 valence electrons. The van der Waals surface area contributed by atoms with Gasteiger partial charge in [0.05, 0.1) is 11.6 Å². The zero-order chi connectivity index (χ0) is 17.4. The molecule has 6 nitrogen and oxygen atoms in total. The highest BCUT2D eigenvalue weighted by Gasteiger charge is 2.55. The van der Waals surface area contributed by atoms with E-state index in [0.29, 0.717) is 5.57 Å². The Labute approximate surface area is 136 Å². The molecule has 1 aliphatic heterocycles. The van der Waals surface area contributed by atoms with E-state index in [2.05, 4.69) is 0 Å². The Morgan fingerprint density at radius 1 is 1.39 bits per heavy atom. The summed E-state index contributed by atoms with van der Waals surface area (Å²) in [6.45, 7) is 9.13. The fourth-order valence-electron chi connectivity index (χ4n) is 2.87. The van der Waals surface area contributed by atoms with Gasteiger partial charge in [-0.3, -0.25) is 4.84 Å². The summed E-state index contributed by atoms with van der Waals surface area (Å²) in [5.74, 6) is 0.343. The molecule has 3 atom stereocenters. The van der Waals surface area contributed by atoms with Gasteiger partial charge in [0.2, 0.25) is 0 Å². The van der Waals surface area contributed by atoms with Crippen LogP contribution in [-0.4, -0.2) is 45.6 Å². The molecule has 23 heavy (non-hydrogen) atoms. The Morgan fingerprint density at radius 3 is 2.57 bits per heavy atom. The lowest BCUT2D eigenvalue weighted by Crippen LogP contribution is -2.51. The van der Waals surface area contributed by atoms with Crippen LogP contribution < -0.4 is 0 Å². The number of hydroxylamine groups is 2. The fourth-order valence-corrected chi connectivity index (χ4v) is 2.87. The third-order valence-corrected chi connectivity index (χ3v) is 3.69. The summed E-state index contributed by atoms with van der Waals surface area (Å²) in [5, 5.41) is 11.1. The molecule has 1 saturated heterocycles. The first-order valence-corrected chi connectivity index (χ1v) is 7.56. The van der Waals surface area contributed by atoms with Crippen molar-refractivity contribution in [3.63, 3.8) is 0 Å². The number of rotatable bonds is 3. The van der Waals surface area contributed by atoms with E-state index in [1.165, 1.54) is 0 Å². The molecular formula is C17H23NO5. The van der Waals surface area contributed by atoms with Crippen molar-refractivity contribution in [1.29, 1.82) is 0 Å². The Hall–Kier alpha value is -1.72. The van der Waals surface area contributed by atoms with E-state index in [0.717, 1.165) is 0 Å². The van der Waals surface area contributed by atoms with Crippen molar-refractivity contribution in [2.75, 3.05) is 0 Å². The first-order valence-electron chi connectivity index (χ1n) is 7.56. The van der Waals surface area contributed by atoms with E-state index in [1.807, 2.05) is 26.7 Å². The topological polar surface area (TPSA) is 76.1 Å². The number of carboxylic acid groups (broad SMARTS) is 1. The van der Waals surface area contributed by atoms with Gasteiger partial charge < -0.3 is 9.84 Å². The minimum Gasteiger partial charge on any atom is -0.479 e. The van der Waals surface area contributed by atoms with Crippen LogP contribution in [0, 0.1) is 5.92 Å². The van der Waals surface area contributed by atoms with Crippen molar-refractivity contribution < 1.29 is 24.3 Å². The van der Waals surface area contributed by atoms with Crippen molar-refractivity contribution in [1.82, 2.24) is 5.06 Å². The van der Waals surface area contributed by atoms with Crippen LogP contribution in [0.4, 0.5) is 0 Å². The number of aliphatic carboxylic acids is 1. The SMILES string of the molecule is CC(C)(C)ON1[C@@H](C2C=CC=CC2=C=O)[C@H](C(=O)O)OC1(C)C. The van der Waals surface area contributed by atoms with Crippen molar-refractivity contribution in [2.24, 2.45) is 5.92 Å². The van der Waals surface area contributed by atoms with Crippen molar-refractivity contribution in [3.8, 4) is 0 Å². The standard InChI is InChI=1S/C17H23NO5/c1-16(2,3)23-18-13(12-9-7-6-8-11(12)10-19)14(15(20)21)22-17(18,4)5/h6-9,12-14H,1-5H3,(H,20,21)/t12?,13-,14+/m0/s1. The first kappa shape index (κ1) is 17.6. The Bertz CT molecular complexity index is 593. The highest BCUT2D eigenvalue weighted by molar-refractivity contribution is 5.74. The number of allylic oxidation sites excluding steroid dienone is 3. The van der Waals surface area contributed by atoms with Crippen LogP contribution in [0.2, 0.25) is 0 Å². The number of carboxylic acids is 1. The number of hydrogen-bond acceptors (Lipinski definition) is 5. The van der Waals surface area contributed by atoms with Gasteiger partial charge in [-0.25, -0.2) is 9.59 Å². The van der Waals surface area contributed by atoms with Crippen LogP contribution in [0.15, 0.2) is 29.9 Å². The highest BCUT2D eigenvalue weighted by atomic mass is 16.8. The van der Waals surface area contributed by atoms with Gasteiger partial charge in [0.1, 0.15) is 11.7 Å². The molecule has 1 N–H and O–H groups in total. The third kappa shape index (κ3) is 3.62. The zero-order valence-corrected chi connectivity index (χ0v) is 14.1. The number of hydrogen-bond donors (Lipinski definition) is 1. The van der Waals surface area contributed by atoms with Gasteiger partial charge in [-0.1, -0.05) is 18.2 Å². The second-order valence-corrected chi connectivity index (χ2v) is 7.17. The Kier molecular flexibility index (Phi) is 4.64. The van der Waals surface area contributed by atoms with Crippen LogP contribution in [0.3, 0.4) is 0 Å². The minimum absolute atomic E-state index is 0.382. The van der Waals surface area contributed by atoms with E-state index >= 15 is 0 Å². The van der Waals surface area contributed by atoms with E-state index in [-0.39, 0.29) is 0 Å². The smallest absolute Gasteiger partial charge is 0.334 e. The Balaban J connectivity index is 2.48. The second kappa shape index (κ2) is 6.06. The normalized spacial score (nSPS) is 30.5. The number of ether oxygens (including phenoxy) is 1. The van der Waals surface area contributed by atoms with Gasteiger partial charge in [-0.2, -0.15) is 5.06 Å². The summed E-state index contributed by atoms with van der Waals surface area (Å²) in [7, 11) is 0. The molecule has 1 heterocycles. The summed E-state index contributed by atoms with van der Waals surface area (Å²) in [6, 6.07) is -0.667. The molecule has 1 fully saturated rings. The lowest BCUT2D eigenvalue weighted by atomic mass is 9.85. The van der Waals surface area contributed by atoms with E-state index < -0.39 is 35.4 Å². The van der Waals surface area contributed by atoms with Crippen molar-refractivity contribution in [3.05, 3.63) is 29.9 Å². The predicted octanol–water partition coefficient (Wildman–Crippen LogP) is 2.11. The molecule has 2 aliphatic rings. The quantitative estimate of drug-likeness (QED) is 0.802. The summed E-state index contributed by atoms with van der Waals surface area (Å²) in [4.78, 5) is 29.0. The zero-order valence-electron chi connectivity index (χ0n) is 14.1. The van der Waals surface area contributed by atoms with Gasteiger partial charge in [0.15, 0.2) is 6.10 Å². The number of carbonyl (C=O) groups is 1. The maximum absolute atomic E-state index is 11.7. The largest absolute Gasteiger partial charge is 0.479 e. The minimum atomic E-state index is -1.11.